The van der Waals surface area contributed by atoms with Gasteiger partial charge in [0.15, 0.2) is 0 Å². The van der Waals surface area contributed by atoms with Gasteiger partial charge in [-0.15, -0.1) is 5.10 Å². The van der Waals surface area contributed by atoms with Crippen LogP contribution in [-0.2, 0) is 16.1 Å². The third-order valence-corrected chi connectivity index (χ3v) is 4.82. The zero-order valence-electron chi connectivity index (χ0n) is 14.2. The standard InChI is InChI=1S/C17H15IN4O5/c1-9(23)19-12-7-10-4-5-11(8-13(10)27-17(12)26)15-16(18)22(21-20-15)6-2-3-14(24)25/h4-5,7-8H,2-3,6H2,1H3,(H,19,23)(H,24,25). The largest absolute Gasteiger partial charge is 0.481 e. The summed E-state index contributed by atoms with van der Waals surface area (Å²) < 4.78 is 7.70. The third-order valence-electron chi connectivity index (χ3n) is 3.76. The van der Waals surface area contributed by atoms with E-state index in [1.54, 1.807) is 22.9 Å². The van der Waals surface area contributed by atoms with E-state index in [0.29, 0.717) is 35.2 Å². The molecule has 9 nitrogen and oxygen atoms in total. The van der Waals surface area contributed by atoms with E-state index >= 15 is 0 Å². The number of hydrogen-bond donors (Lipinski definition) is 2. The summed E-state index contributed by atoms with van der Waals surface area (Å²) in [5.41, 5.74) is 1.14. The summed E-state index contributed by atoms with van der Waals surface area (Å²) in [7, 11) is 0. The Morgan fingerprint density at radius 1 is 1.33 bits per heavy atom. The Balaban J connectivity index is 1.91. The molecule has 2 N–H and O–H groups in total. The number of aryl methyl sites for hydroxylation is 1. The first-order valence-corrected chi connectivity index (χ1v) is 9.09. The highest BCUT2D eigenvalue weighted by Gasteiger charge is 2.14. The first-order chi connectivity index (χ1) is 12.8. The molecule has 140 valence electrons. The molecule has 10 heteroatoms. The van der Waals surface area contributed by atoms with Crippen molar-refractivity contribution in [3.8, 4) is 11.3 Å². The molecule has 3 rings (SSSR count). The maximum atomic E-state index is 12.0. The summed E-state index contributed by atoms with van der Waals surface area (Å²) >= 11 is 2.10. The van der Waals surface area contributed by atoms with Crippen molar-refractivity contribution in [3.05, 3.63) is 38.4 Å². The highest BCUT2D eigenvalue weighted by Crippen LogP contribution is 2.27. The number of nitrogens with zero attached hydrogens (tertiary/aromatic N) is 3. The number of carbonyl (C=O) groups excluding carboxylic acids is 1. The molecule has 1 aromatic carbocycles. The molecule has 0 radical (unpaired) electrons. The molecule has 0 aliphatic carbocycles. The van der Waals surface area contributed by atoms with Crippen molar-refractivity contribution in [1.29, 1.82) is 0 Å². The number of carboxylic acids is 1. The van der Waals surface area contributed by atoms with E-state index in [0.717, 1.165) is 3.70 Å². The van der Waals surface area contributed by atoms with E-state index < -0.39 is 11.6 Å². The van der Waals surface area contributed by atoms with Gasteiger partial charge in [0.25, 0.3) is 0 Å². The predicted octanol–water partition coefficient (Wildman–Crippen LogP) is 2.48. The van der Waals surface area contributed by atoms with Gasteiger partial charge in [-0.2, -0.15) is 0 Å². The second kappa shape index (κ2) is 7.86. The van der Waals surface area contributed by atoms with Crippen LogP contribution >= 0.6 is 22.6 Å². The van der Waals surface area contributed by atoms with Crippen LogP contribution in [0.15, 0.2) is 33.5 Å². The number of rotatable bonds is 6. The van der Waals surface area contributed by atoms with Gasteiger partial charge in [-0.1, -0.05) is 17.3 Å². The lowest BCUT2D eigenvalue weighted by atomic mass is 10.1. The van der Waals surface area contributed by atoms with Crippen molar-refractivity contribution in [2.45, 2.75) is 26.3 Å². The fourth-order valence-corrected chi connectivity index (χ4v) is 3.29. The number of fused-ring (bicyclic) bond motifs is 1. The first kappa shape index (κ1) is 19.0. The lowest BCUT2D eigenvalue weighted by Crippen LogP contribution is -2.14. The van der Waals surface area contributed by atoms with E-state index in [2.05, 4.69) is 38.2 Å². The van der Waals surface area contributed by atoms with Crippen LogP contribution in [0.25, 0.3) is 22.2 Å². The maximum absolute atomic E-state index is 12.0. The van der Waals surface area contributed by atoms with Crippen LogP contribution in [0.3, 0.4) is 0 Å². The monoisotopic (exact) mass is 482 g/mol. The summed E-state index contributed by atoms with van der Waals surface area (Å²) in [6.45, 7) is 1.76. The minimum absolute atomic E-state index is 0.0586. The quantitative estimate of drug-likeness (QED) is 0.408. The number of amides is 1. The van der Waals surface area contributed by atoms with Crippen molar-refractivity contribution < 1.29 is 19.1 Å². The van der Waals surface area contributed by atoms with E-state index in [-0.39, 0.29) is 18.0 Å². The average Bonchev–Trinajstić information content (AvgIpc) is 2.95. The minimum Gasteiger partial charge on any atom is -0.481 e. The second-order valence-corrected chi connectivity index (χ2v) is 6.85. The van der Waals surface area contributed by atoms with Gasteiger partial charge in [0, 0.05) is 30.8 Å². The zero-order valence-corrected chi connectivity index (χ0v) is 16.4. The summed E-state index contributed by atoms with van der Waals surface area (Å²) in [5.74, 6) is -1.21. The van der Waals surface area contributed by atoms with Gasteiger partial charge in [0.1, 0.15) is 20.7 Å². The molecular formula is C17H15IN4O5. The normalized spacial score (nSPS) is 10.9. The number of carbonyl (C=O) groups is 2. The van der Waals surface area contributed by atoms with Gasteiger partial charge in [0.05, 0.1) is 0 Å². The number of benzene rings is 1. The summed E-state index contributed by atoms with van der Waals surface area (Å²) in [6, 6.07) is 6.81. The zero-order chi connectivity index (χ0) is 19.6. The van der Waals surface area contributed by atoms with Gasteiger partial charge in [-0.05, 0) is 41.1 Å². The molecule has 0 atom stereocenters. The third kappa shape index (κ3) is 4.32. The number of nitrogens with one attached hydrogen (secondary N) is 1. The minimum atomic E-state index is -0.853. The molecule has 0 fully saturated rings. The Labute approximate surface area is 166 Å². The summed E-state index contributed by atoms with van der Waals surface area (Å²) in [6.07, 6.45) is 0.510. The average molecular weight is 482 g/mol. The molecule has 0 aliphatic rings. The highest BCUT2D eigenvalue weighted by molar-refractivity contribution is 14.1. The Morgan fingerprint density at radius 3 is 2.81 bits per heavy atom. The Bertz CT molecular complexity index is 1090. The van der Waals surface area contributed by atoms with Crippen molar-refractivity contribution in [2.75, 3.05) is 5.32 Å². The van der Waals surface area contributed by atoms with Crippen LogP contribution in [-0.4, -0.2) is 32.0 Å². The number of aliphatic carboxylic acids is 1. The molecule has 0 saturated heterocycles. The smallest absolute Gasteiger partial charge is 0.360 e. The summed E-state index contributed by atoms with van der Waals surface area (Å²) in [4.78, 5) is 33.8. The molecule has 0 aliphatic heterocycles. The van der Waals surface area contributed by atoms with Crippen LogP contribution < -0.4 is 10.9 Å². The fourth-order valence-electron chi connectivity index (χ4n) is 2.54. The van der Waals surface area contributed by atoms with Crippen molar-refractivity contribution in [1.82, 2.24) is 15.0 Å². The van der Waals surface area contributed by atoms with Gasteiger partial charge in [0.2, 0.25) is 5.91 Å². The van der Waals surface area contributed by atoms with Crippen LogP contribution in [0.2, 0.25) is 0 Å². The summed E-state index contributed by atoms with van der Waals surface area (Å²) in [5, 5.41) is 20.0. The molecule has 3 aromatic rings. The van der Waals surface area contributed by atoms with Gasteiger partial charge in [-0.3, -0.25) is 9.59 Å². The number of aromatic nitrogens is 3. The Hall–Kier alpha value is -2.76. The maximum Gasteiger partial charge on any atom is 0.360 e. The second-order valence-electron chi connectivity index (χ2n) is 5.83. The number of hydrogen-bond acceptors (Lipinski definition) is 6. The number of anilines is 1. The first-order valence-electron chi connectivity index (χ1n) is 8.02. The fraction of sp³-hybridized carbons (Fsp3) is 0.235. The molecule has 0 unspecified atom stereocenters. The molecule has 2 aromatic heterocycles. The van der Waals surface area contributed by atoms with Crippen LogP contribution in [0.4, 0.5) is 5.69 Å². The molecule has 1 amide bonds. The SMILES string of the molecule is CC(=O)Nc1cc2ccc(-c3nnn(CCCC(=O)O)c3I)cc2oc1=O. The van der Waals surface area contributed by atoms with E-state index in [4.69, 9.17) is 9.52 Å². The van der Waals surface area contributed by atoms with Gasteiger partial charge >= 0.3 is 11.6 Å². The van der Waals surface area contributed by atoms with E-state index in [1.807, 2.05) is 6.07 Å². The molecule has 0 saturated carbocycles. The van der Waals surface area contributed by atoms with Gasteiger partial charge < -0.3 is 14.8 Å². The van der Waals surface area contributed by atoms with E-state index in [9.17, 15) is 14.4 Å². The molecule has 0 bridgehead atoms. The van der Waals surface area contributed by atoms with Crippen molar-refractivity contribution in [3.63, 3.8) is 0 Å². The van der Waals surface area contributed by atoms with Crippen molar-refractivity contribution in [2.24, 2.45) is 0 Å². The molecule has 2 heterocycles. The molecule has 0 spiro atoms. The van der Waals surface area contributed by atoms with Crippen molar-refractivity contribution >= 4 is 51.1 Å². The topological polar surface area (TPSA) is 127 Å². The van der Waals surface area contributed by atoms with Crippen LogP contribution in [0.1, 0.15) is 19.8 Å². The van der Waals surface area contributed by atoms with E-state index in [1.165, 1.54) is 6.92 Å². The number of carboxylic acid groups (broad SMARTS) is 1. The number of halogens is 1. The van der Waals surface area contributed by atoms with Gasteiger partial charge in [-0.25, -0.2) is 9.48 Å². The lowest BCUT2D eigenvalue weighted by molar-refractivity contribution is -0.137. The Kier molecular flexibility index (Phi) is 5.54. The molecular weight excluding hydrogens is 467 g/mol. The van der Waals surface area contributed by atoms with Crippen LogP contribution in [0.5, 0.6) is 0 Å². The molecule has 27 heavy (non-hydrogen) atoms. The lowest BCUT2D eigenvalue weighted by Gasteiger charge is -2.05. The highest BCUT2D eigenvalue weighted by atomic mass is 127. The Morgan fingerprint density at radius 2 is 2.11 bits per heavy atom. The van der Waals surface area contributed by atoms with Crippen LogP contribution in [0, 0.1) is 3.70 Å². The predicted molar refractivity (Wildman–Crippen MR) is 105 cm³/mol.